The summed E-state index contributed by atoms with van der Waals surface area (Å²) in [4.78, 5) is 8.56. The summed E-state index contributed by atoms with van der Waals surface area (Å²) in [5.41, 5.74) is 3.19. The van der Waals surface area contributed by atoms with Crippen LogP contribution in [0.15, 0.2) is 48.5 Å². The highest BCUT2D eigenvalue weighted by Gasteiger charge is 2.50. The van der Waals surface area contributed by atoms with E-state index in [1.807, 2.05) is 30.3 Å². The molecule has 0 spiro atoms. The van der Waals surface area contributed by atoms with Gasteiger partial charge in [0.25, 0.3) is 10.2 Å². The van der Waals surface area contributed by atoms with Crippen LogP contribution in [0, 0.1) is 5.92 Å². The highest BCUT2D eigenvalue weighted by atomic mass is 35.5. The van der Waals surface area contributed by atoms with Crippen LogP contribution in [-0.2, 0) is 23.3 Å². The van der Waals surface area contributed by atoms with Gasteiger partial charge in [-0.1, -0.05) is 54.9 Å². The van der Waals surface area contributed by atoms with E-state index in [9.17, 15) is 8.42 Å². The summed E-state index contributed by atoms with van der Waals surface area (Å²) in [5.74, 6) is 0.557. The van der Waals surface area contributed by atoms with Crippen molar-refractivity contribution in [3.63, 3.8) is 0 Å². The number of benzene rings is 2. The third-order valence-electron chi connectivity index (χ3n) is 5.05. The summed E-state index contributed by atoms with van der Waals surface area (Å²) in [6.07, 6.45) is -1.83. The van der Waals surface area contributed by atoms with Crippen molar-refractivity contribution in [2.75, 3.05) is 0 Å². The van der Waals surface area contributed by atoms with Gasteiger partial charge in [0, 0.05) is 30.1 Å². The van der Waals surface area contributed by atoms with Crippen LogP contribution in [0.3, 0.4) is 0 Å². The molecule has 2 aliphatic rings. The van der Waals surface area contributed by atoms with E-state index >= 15 is 0 Å². The molecule has 2 aromatic rings. The Bertz CT molecular complexity index is 964. The fourth-order valence-corrected chi connectivity index (χ4v) is 5.24. The molecule has 3 N–H and O–H groups in total. The van der Waals surface area contributed by atoms with Gasteiger partial charge < -0.3 is 10.2 Å². The van der Waals surface area contributed by atoms with Gasteiger partial charge in [-0.15, -0.1) is 0 Å². The molecule has 0 amide bonds. The Kier molecular flexibility index (Phi) is 5.95. The molecule has 1 fully saturated rings. The molecule has 3 atom stereocenters. The maximum absolute atomic E-state index is 12.7. The number of nitrogens with one attached hydrogen (secondary N) is 1. The van der Waals surface area contributed by atoms with Crippen molar-refractivity contribution in [2.45, 2.75) is 32.0 Å². The van der Waals surface area contributed by atoms with Gasteiger partial charge in [0.2, 0.25) is 0 Å². The van der Waals surface area contributed by atoms with Crippen LogP contribution in [0.4, 0.5) is 4.79 Å². The number of rotatable bonds is 4. The van der Waals surface area contributed by atoms with Crippen molar-refractivity contribution < 1.29 is 23.4 Å². The molecular formula is C19H21ClN2O5S. The second-order valence-electron chi connectivity index (χ2n) is 6.91. The SMILES string of the molecule is C[C@H]1[C@H](NS(=O)(=O)N2Cc3ccc(Cl)cc3C2)[C@H]1c1ccccc1.O=C(O)O. The monoisotopic (exact) mass is 424 g/mol. The molecule has 0 aromatic heterocycles. The van der Waals surface area contributed by atoms with Gasteiger partial charge in [0.05, 0.1) is 0 Å². The molecular weight excluding hydrogens is 404 g/mol. The average Bonchev–Trinajstić information content (AvgIpc) is 3.04. The fourth-order valence-electron chi connectivity index (χ4n) is 3.58. The highest BCUT2D eigenvalue weighted by molar-refractivity contribution is 7.87. The first-order chi connectivity index (χ1) is 13.2. The normalized spacial score (nSPS) is 23.4. The Balaban J connectivity index is 0.000000516. The first-order valence-corrected chi connectivity index (χ1v) is 10.5. The van der Waals surface area contributed by atoms with Crippen LogP contribution < -0.4 is 4.72 Å². The first-order valence-electron chi connectivity index (χ1n) is 8.70. The molecule has 150 valence electrons. The van der Waals surface area contributed by atoms with Crippen molar-refractivity contribution in [1.29, 1.82) is 0 Å². The lowest BCUT2D eigenvalue weighted by molar-refractivity contribution is 0.137. The number of carbonyl (C=O) groups is 1. The predicted molar refractivity (Wildman–Crippen MR) is 106 cm³/mol. The average molecular weight is 425 g/mol. The van der Waals surface area contributed by atoms with Crippen LogP contribution in [0.1, 0.15) is 29.5 Å². The highest BCUT2D eigenvalue weighted by Crippen LogP contribution is 2.47. The van der Waals surface area contributed by atoms with Gasteiger partial charge in [0.15, 0.2) is 0 Å². The van der Waals surface area contributed by atoms with Crippen molar-refractivity contribution in [1.82, 2.24) is 9.03 Å². The standard InChI is InChI=1S/C18H19ClN2O2S.CH2O3/c1-12-17(13-5-3-2-4-6-13)18(12)20-24(22,23)21-10-14-7-8-16(19)9-15(14)11-21;2-1(3)4/h2-9,12,17-18,20H,10-11H2,1H3;(H2,2,3,4)/t12-,17-,18+;/m1./s1. The number of nitrogens with zero attached hydrogens (tertiary/aromatic N) is 1. The van der Waals surface area contributed by atoms with Crippen molar-refractivity contribution in [2.24, 2.45) is 5.92 Å². The minimum atomic E-state index is -3.51. The summed E-state index contributed by atoms with van der Waals surface area (Å²) in [6.45, 7) is 2.87. The zero-order valence-electron chi connectivity index (χ0n) is 15.1. The zero-order chi connectivity index (χ0) is 20.5. The summed E-state index contributed by atoms with van der Waals surface area (Å²) in [5, 5.41) is 14.6. The summed E-state index contributed by atoms with van der Waals surface area (Å²) >= 11 is 6.00. The lowest BCUT2D eigenvalue weighted by Gasteiger charge is -2.16. The van der Waals surface area contributed by atoms with Gasteiger partial charge in [-0.05, 0) is 34.7 Å². The Morgan fingerprint density at radius 3 is 2.36 bits per heavy atom. The van der Waals surface area contributed by atoms with E-state index in [0.29, 0.717) is 24.0 Å². The van der Waals surface area contributed by atoms with Crippen LogP contribution in [0.2, 0.25) is 5.02 Å². The molecule has 1 saturated carbocycles. The molecule has 28 heavy (non-hydrogen) atoms. The van der Waals surface area contributed by atoms with Gasteiger partial charge in [-0.2, -0.15) is 17.4 Å². The Hall–Kier alpha value is -2.13. The third-order valence-corrected chi connectivity index (χ3v) is 6.79. The van der Waals surface area contributed by atoms with Gasteiger partial charge in [0.1, 0.15) is 0 Å². The van der Waals surface area contributed by atoms with E-state index in [4.69, 9.17) is 26.6 Å². The van der Waals surface area contributed by atoms with E-state index < -0.39 is 16.4 Å². The lowest BCUT2D eigenvalue weighted by Crippen LogP contribution is -2.39. The van der Waals surface area contributed by atoms with E-state index in [1.54, 1.807) is 6.07 Å². The molecule has 0 radical (unpaired) electrons. The summed E-state index contributed by atoms with van der Waals surface area (Å²) in [7, 11) is -3.51. The van der Waals surface area contributed by atoms with Crippen molar-refractivity contribution in [3.05, 3.63) is 70.2 Å². The van der Waals surface area contributed by atoms with Crippen LogP contribution in [-0.4, -0.2) is 35.1 Å². The van der Waals surface area contributed by atoms with Crippen molar-refractivity contribution >= 4 is 28.0 Å². The molecule has 0 saturated heterocycles. The number of hydrogen-bond acceptors (Lipinski definition) is 3. The summed E-state index contributed by atoms with van der Waals surface area (Å²) < 4.78 is 29.9. The zero-order valence-corrected chi connectivity index (χ0v) is 16.7. The Morgan fingerprint density at radius 2 is 1.71 bits per heavy atom. The van der Waals surface area contributed by atoms with Crippen LogP contribution in [0.5, 0.6) is 0 Å². The second-order valence-corrected chi connectivity index (χ2v) is 9.05. The topological polar surface area (TPSA) is 107 Å². The van der Waals surface area contributed by atoms with Crippen LogP contribution in [0.25, 0.3) is 0 Å². The molecule has 9 heteroatoms. The smallest absolute Gasteiger partial charge is 0.450 e. The molecule has 1 heterocycles. The number of carboxylic acid groups (broad SMARTS) is 2. The van der Waals surface area contributed by atoms with E-state index in [1.165, 1.54) is 9.87 Å². The van der Waals surface area contributed by atoms with E-state index in [-0.39, 0.29) is 12.0 Å². The van der Waals surface area contributed by atoms with Gasteiger partial charge >= 0.3 is 6.16 Å². The second kappa shape index (κ2) is 8.08. The number of halogens is 1. The molecule has 7 nitrogen and oxygen atoms in total. The largest absolute Gasteiger partial charge is 0.503 e. The predicted octanol–water partition coefficient (Wildman–Crippen LogP) is 3.51. The maximum Gasteiger partial charge on any atom is 0.503 e. The minimum Gasteiger partial charge on any atom is -0.450 e. The van der Waals surface area contributed by atoms with Crippen LogP contribution >= 0.6 is 11.6 Å². The van der Waals surface area contributed by atoms with E-state index in [2.05, 4.69) is 23.8 Å². The molecule has 1 aliphatic heterocycles. The number of hydrogen-bond donors (Lipinski definition) is 3. The quantitative estimate of drug-likeness (QED) is 0.696. The van der Waals surface area contributed by atoms with Gasteiger partial charge in [-0.25, -0.2) is 4.79 Å². The molecule has 1 aliphatic carbocycles. The number of fused-ring (bicyclic) bond motifs is 1. The van der Waals surface area contributed by atoms with Gasteiger partial charge in [-0.3, -0.25) is 0 Å². The molecule has 0 bridgehead atoms. The molecule has 4 rings (SSSR count). The van der Waals surface area contributed by atoms with Crippen molar-refractivity contribution in [3.8, 4) is 0 Å². The maximum atomic E-state index is 12.7. The molecule has 2 aromatic carbocycles. The fraction of sp³-hybridized carbons (Fsp3) is 0.316. The third kappa shape index (κ3) is 4.64. The van der Waals surface area contributed by atoms with E-state index in [0.717, 1.165) is 11.1 Å². The Labute approximate surface area is 168 Å². The lowest BCUT2D eigenvalue weighted by atomic mass is 10.1. The summed E-state index contributed by atoms with van der Waals surface area (Å²) in [6, 6.07) is 15.6. The first kappa shape index (κ1) is 20.6. The Morgan fingerprint density at radius 1 is 1.11 bits per heavy atom. The minimum absolute atomic E-state index is 0.0373. The molecule has 0 unspecified atom stereocenters.